The average Bonchev–Trinajstić information content (AvgIpc) is 3.56. The molecule has 4 N–H and O–H groups in total. The molecule has 1 unspecified atom stereocenters. The molecule has 2 aromatic rings. The highest BCUT2D eigenvalue weighted by Gasteiger charge is 2.39. The quantitative estimate of drug-likeness (QED) is 0.473. The lowest BCUT2D eigenvalue weighted by Gasteiger charge is -2.25. The van der Waals surface area contributed by atoms with Crippen LogP contribution in [0.2, 0.25) is 0 Å². The summed E-state index contributed by atoms with van der Waals surface area (Å²) in [7, 11) is 2.71. The molecule has 1 fully saturated rings. The van der Waals surface area contributed by atoms with Crippen LogP contribution in [0.15, 0.2) is 48.5 Å². The third-order valence-electron chi connectivity index (χ3n) is 5.39. The van der Waals surface area contributed by atoms with Crippen molar-refractivity contribution < 1.29 is 19.5 Å². The number of Topliss-reactive ketones (excluding diaryl/α,β-unsaturated/α-hetero) is 1. The number of rotatable bonds is 6. The number of ketones is 1. The van der Waals surface area contributed by atoms with Gasteiger partial charge < -0.3 is 21.1 Å². The van der Waals surface area contributed by atoms with Gasteiger partial charge in [-0.25, -0.2) is 0 Å². The lowest BCUT2D eigenvalue weighted by atomic mass is 10.0. The minimum Gasteiger partial charge on any atom is -0.388 e. The van der Waals surface area contributed by atoms with Gasteiger partial charge in [0.1, 0.15) is 6.61 Å². The zero-order valence-electron chi connectivity index (χ0n) is 17.5. The number of nitrogens with zero attached hydrogens (tertiary/aromatic N) is 1. The topological polar surface area (TPSA) is 113 Å². The highest BCUT2D eigenvalue weighted by molar-refractivity contribution is 6.10. The van der Waals surface area contributed by atoms with E-state index >= 15 is 0 Å². The Bertz CT molecular complexity index is 1030. The summed E-state index contributed by atoms with van der Waals surface area (Å²) in [5.74, 6) is 4.20. The number of nitrogens with two attached hydrogens (primary N) is 1. The Kier molecular flexibility index (Phi) is 6.54. The van der Waals surface area contributed by atoms with E-state index in [2.05, 4.69) is 17.2 Å². The summed E-state index contributed by atoms with van der Waals surface area (Å²) in [4.78, 5) is 37.6. The molecule has 7 heteroatoms. The average molecular weight is 419 g/mol. The molecule has 160 valence electrons. The lowest BCUT2D eigenvalue weighted by Crippen LogP contribution is -2.52. The van der Waals surface area contributed by atoms with Gasteiger partial charge in [-0.05, 0) is 54.8 Å². The maximum Gasteiger partial charge on any atom is 0.254 e. The first kappa shape index (κ1) is 22.2. The number of hydrogen-bond donors (Lipinski definition) is 3. The molecule has 0 spiro atoms. The van der Waals surface area contributed by atoms with Gasteiger partial charge in [0.15, 0.2) is 11.8 Å². The molecule has 1 aliphatic carbocycles. The van der Waals surface area contributed by atoms with Gasteiger partial charge in [-0.2, -0.15) is 0 Å². The second kappa shape index (κ2) is 9.13. The number of likely N-dealkylation sites (N-methyl/N-ethyl adjacent to an activating group) is 2. The van der Waals surface area contributed by atoms with Crippen LogP contribution in [0.25, 0.3) is 0 Å². The first-order valence-corrected chi connectivity index (χ1v) is 9.93. The molecule has 1 saturated carbocycles. The van der Waals surface area contributed by atoms with Crippen molar-refractivity contribution >= 4 is 17.6 Å². The Morgan fingerprint density at radius 3 is 2.03 bits per heavy atom. The second-order valence-electron chi connectivity index (χ2n) is 7.62. The van der Waals surface area contributed by atoms with Crippen LogP contribution in [0.4, 0.5) is 0 Å². The number of nitrogens with one attached hydrogen (secondary N) is 1. The van der Waals surface area contributed by atoms with Crippen molar-refractivity contribution in [3.8, 4) is 11.8 Å². The maximum atomic E-state index is 12.7. The SMILES string of the molecule is CNC(=O)C(C(=O)CO)N(C)C(=O)c1ccc(C#Cc2ccc(C3(N)CC3)cc2)cc1. The van der Waals surface area contributed by atoms with Crippen molar-refractivity contribution in [1.29, 1.82) is 0 Å². The number of carbonyl (C=O) groups excluding carboxylic acids is 3. The van der Waals surface area contributed by atoms with E-state index in [1.807, 2.05) is 24.3 Å². The summed E-state index contributed by atoms with van der Waals surface area (Å²) in [6.45, 7) is -0.836. The van der Waals surface area contributed by atoms with Gasteiger partial charge in [-0.1, -0.05) is 24.0 Å². The first-order valence-electron chi connectivity index (χ1n) is 9.93. The monoisotopic (exact) mass is 419 g/mol. The number of aliphatic hydroxyl groups is 1. The highest BCUT2D eigenvalue weighted by Crippen LogP contribution is 2.42. The minimum atomic E-state index is -1.40. The summed E-state index contributed by atoms with van der Waals surface area (Å²) >= 11 is 0. The van der Waals surface area contributed by atoms with Crippen LogP contribution in [-0.2, 0) is 15.1 Å². The molecule has 0 bridgehead atoms. The molecule has 1 aliphatic rings. The fourth-order valence-corrected chi connectivity index (χ4v) is 3.23. The zero-order valence-corrected chi connectivity index (χ0v) is 17.5. The molecule has 0 aromatic heterocycles. The fraction of sp³-hybridized carbons (Fsp3) is 0.292. The number of aliphatic hydroxyl groups excluding tert-OH is 1. The van der Waals surface area contributed by atoms with Crippen LogP contribution in [-0.4, -0.2) is 54.3 Å². The largest absolute Gasteiger partial charge is 0.388 e. The van der Waals surface area contributed by atoms with E-state index in [-0.39, 0.29) is 5.54 Å². The number of amides is 2. The summed E-state index contributed by atoms with van der Waals surface area (Å²) in [6.07, 6.45) is 2.02. The Hall–Kier alpha value is -3.47. The minimum absolute atomic E-state index is 0.167. The molecule has 2 amide bonds. The van der Waals surface area contributed by atoms with Crippen LogP contribution in [0.1, 0.15) is 39.9 Å². The molecule has 0 radical (unpaired) electrons. The van der Waals surface area contributed by atoms with Crippen molar-refractivity contribution in [2.75, 3.05) is 20.7 Å². The van der Waals surface area contributed by atoms with Gasteiger partial charge in [0, 0.05) is 36.3 Å². The highest BCUT2D eigenvalue weighted by atomic mass is 16.3. The Balaban J connectivity index is 1.71. The Labute approximate surface area is 181 Å². The molecule has 0 heterocycles. The first-order chi connectivity index (χ1) is 14.8. The third kappa shape index (κ3) is 5.00. The molecule has 2 aromatic carbocycles. The molecule has 7 nitrogen and oxygen atoms in total. The van der Waals surface area contributed by atoms with Crippen LogP contribution in [0.3, 0.4) is 0 Å². The van der Waals surface area contributed by atoms with Crippen molar-refractivity contribution in [2.24, 2.45) is 5.73 Å². The van der Waals surface area contributed by atoms with Gasteiger partial charge in [-0.3, -0.25) is 14.4 Å². The third-order valence-corrected chi connectivity index (χ3v) is 5.39. The van der Waals surface area contributed by atoms with Crippen molar-refractivity contribution in [1.82, 2.24) is 10.2 Å². The van der Waals surface area contributed by atoms with E-state index in [1.165, 1.54) is 14.1 Å². The standard InChI is InChI=1S/C24H25N3O4/c1-26-22(30)21(20(29)15-28)27(2)23(31)18-9-5-16(6-10-18)3-4-17-7-11-19(12-8-17)24(25)13-14-24/h5-12,21,28H,13-15,25H2,1-2H3,(H,26,30). The summed E-state index contributed by atoms with van der Waals surface area (Å²) in [6, 6.07) is 13.1. The van der Waals surface area contributed by atoms with Crippen molar-refractivity contribution in [3.05, 3.63) is 70.8 Å². The summed E-state index contributed by atoms with van der Waals surface area (Å²) in [5, 5.41) is 11.4. The molecule has 1 atom stereocenters. The molecule has 0 saturated heterocycles. The van der Waals surface area contributed by atoms with E-state index in [9.17, 15) is 14.4 Å². The smallest absolute Gasteiger partial charge is 0.254 e. The van der Waals surface area contributed by atoms with Crippen molar-refractivity contribution in [2.45, 2.75) is 24.4 Å². The van der Waals surface area contributed by atoms with Crippen LogP contribution in [0.5, 0.6) is 0 Å². The van der Waals surface area contributed by atoms with Gasteiger partial charge in [-0.15, -0.1) is 0 Å². The van der Waals surface area contributed by atoms with Crippen LogP contribution < -0.4 is 11.1 Å². The van der Waals surface area contributed by atoms with E-state index in [0.29, 0.717) is 5.56 Å². The predicted octanol–water partition coefficient (Wildman–Crippen LogP) is 0.782. The summed E-state index contributed by atoms with van der Waals surface area (Å²) < 4.78 is 0. The van der Waals surface area contributed by atoms with Gasteiger partial charge in [0.25, 0.3) is 5.91 Å². The predicted molar refractivity (Wildman–Crippen MR) is 116 cm³/mol. The summed E-state index contributed by atoms with van der Waals surface area (Å²) in [5.41, 5.74) is 9.03. The van der Waals surface area contributed by atoms with Gasteiger partial charge in [0.05, 0.1) is 0 Å². The normalized spacial score (nSPS) is 14.6. The van der Waals surface area contributed by atoms with Gasteiger partial charge in [0.2, 0.25) is 5.91 Å². The molecular formula is C24H25N3O4. The molecule has 0 aliphatic heterocycles. The van der Waals surface area contributed by atoms with E-state index in [1.54, 1.807) is 24.3 Å². The lowest BCUT2D eigenvalue weighted by molar-refractivity contribution is -0.135. The molecule has 3 rings (SSSR count). The van der Waals surface area contributed by atoms with Gasteiger partial charge >= 0.3 is 0 Å². The van der Waals surface area contributed by atoms with Crippen molar-refractivity contribution in [3.63, 3.8) is 0 Å². The second-order valence-corrected chi connectivity index (χ2v) is 7.62. The zero-order chi connectivity index (χ0) is 22.6. The van der Waals surface area contributed by atoms with E-state index in [0.717, 1.165) is 34.4 Å². The number of benzene rings is 2. The van der Waals surface area contributed by atoms with Crippen LogP contribution >= 0.6 is 0 Å². The Morgan fingerprint density at radius 2 is 1.58 bits per heavy atom. The molecule has 31 heavy (non-hydrogen) atoms. The fourth-order valence-electron chi connectivity index (χ4n) is 3.23. The Morgan fingerprint density at radius 1 is 1.06 bits per heavy atom. The van der Waals surface area contributed by atoms with E-state index < -0.39 is 30.2 Å². The number of carbonyl (C=O) groups is 3. The van der Waals surface area contributed by atoms with Crippen LogP contribution in [0, 0.1) is 11.8 Å². The van der Waals surface area contributed by atoms with E-state index in [4.69, 9.17) is 10.8 Å². The number of hydrogen-bond acceptors (Lipinski definition) is 5. The maximum absolute atomic E-state index is 12.7. The molecular weight excluding hydrogens is 394 g/mol.